The molecule has 3 aromatic rings. The van der Waals surface area contributed by atoms with E-state index in [4.69, 9.17) is 5.14 Å². The molecule has 1 aliphatic heterocycles. The van der Waals surface area contributed by atoms with Gasteiger partial charge in [-0.15, -0.1) is 11.3 Å². The Labute approximate surface area is 166 Å². The summed E-state index contributed by atoms with van der Waals surface area (Å²) in [5, 5.41) is 7.19. The summed E-state index contributed by atoms with van der Waals surface area (Å²) >= 11 is 1.60. The second-order valence-corrected chi connectivity index (χ2v) is 9.11. The van der Waals surface area contributed by atoms with Crippen LogP contribution in [0.25, 0.3) is 10.2 Å². The number of hydrogen-bond acceptors (Lipinski definition) is 7. The van der Waals surface area contributed by atoms with Gasteiger partial charge in [0.1, 0.15) is 12.1 Å². The Kier molecular flexibility index (Phi) is 4.77. The number of carbonyl (C=O) groups is 1. The fraction of sp³-hybridized carbons (Fsp3) is 0.278. The number of fused-ring (bicyclic) bond motifs is 1. The van der Waals surface area contributed by atoms with Gasteiger partial charge in [0, 0.05) is 31.7 Å². The molecule has 0 aliphatic carbocycles. The van der Waals surface area contributed by atoms with Crippen LogP contribution in [-0.4, -0.2) is 55.4 Å². The number of aromatic nitrogens is 2. The lowest BCUT2D eigenvalue weighted by molar-refractivity contribution is 0.0745. The highest BCUT2D eigenvalue weighted by molar-refractivity contribution is 7.89. The SMILES string of the molecule is Cc1ccc(S(N)(=O)=O)cc1C(=O)N1CCN(c2ncnc3ccsc23)CC1. The van der Waals surface area contributed by atoms with Crippen LogP contribution in [0.5, 0.6) is 0 Å². The summed E-state index contributed by atoms with van der Waals surface area (Å²) < 4.78 is 24.3. The molecule has 28 heavy (non-hydrogen) atoms. The Balaban J connectivity index is 1.53. The van der Waals surface area contributed by atoms with Crippen molar-refractivity contribution in [2.75, 3.05) is 31.1 Å². The fourth-order valence-electron chi connectivity index (χ4n) is 3.30. The van der Waals surface area contributed by atoms with Crippen LogP contribution in [0.4, 0.5) is 5.82 Å². The highest BCUT2D eigenvalue weighted by Crippen LogP contribution is 2.28. The van der Waals surface area contributed by atoms with E-state index >= 15 is 0 Å². The van der Waals surface area contributed by atoms with Gasteiger partial charge in [-0.2, -0.15) is 0 Å². The van der Waals surface area contributed by atoms with E-state index < -0.39 is 10.0 Å². The molecule has 2 N–H and O–H groups in total. The number of amides is 1. The zero-order valence-corrected chi connectivity index (χ0v) is 16.8. The third-order valence-electron chi connectivity index (χ3n) is 4.86. The minimum atomic E-state index is -3.86. The van der Waals surface area contributed by atoms with Crippen LogP contribution in [0, 0.1) is 6.92 Å². The molecule has 8 nitrogen and oxygen atoms in total. The first-order valence-corrected chi connectivity index (χ1v) is 11.1. The van der Waals surface area contributed by atoms with E-state index in [-0.39, 0.29) is 10.8 Å². The highest BCUT2D eigenvalue weighted by Gasteiger charge is 2.26. The van der Waals surface area contributed by atoms with E-state index in [1.165, 1.54) is 12.1 Å². The van der Waals surface area contributed by atoms with E-state index in [9.17, 15) is 13.2 Å². The van der Waals surface area contributed by atoms with E-state index in [0.717, 1.165) is 21.6 Å². The van der Waals surface area contributed by atoms with Crippen molar-refractivity contribution < 1.29 is 13.2 Å². The number of thiophene rings is 1. The van der Waals surface area contributed by atoms with Gasteiger partial charge in [-0.1, -0.05) is 6.07 Å². The largest absolute Gasteiger partial charge is 0.352 e. The second kappa shape index (κ2) is 7.12. The van der Waals surface area contributed by atoms with Crippen LogP contribution in [-0.2, 0) is 10.0 Å². The summed E-state index contributed by atoms with van der Waals surface area (Å²) in [5.41, 5.74) is 2.00. The average molecular weight is 418 g/mol. The van der Waals surface area contributed by atoms with E-state index in [1.807, 2.05) is 11.4 Å². The van der Waals surface area contributed by atoms with Crippen molar-refractivity contribution >= 4 is 43.3 Å². The van der Waals surface area contributed by atoms with Gasteiger partial charge >= 0.3 is 0 Å². The summed E-state index contributed by atoms with van der Waals surface area (Å²) in [4.78, 5) is 25.5. The molecule has 1 fully saturated rings. The van der Waals surface area contributed by atoms with Gasteiger partial charge in [0.2, 0.25) is 10.0 Å². The lowest BCUT2D eigenvalue weighted by Gasteiger charge is -2.35. The maximum absolute atomic E-state index is 13.0. The Bertz CT molecular complexity index is 1150. The van der Waals surface area contributed by atoms with Crippen molar-refractivity contribution in [2.24, 2.45) is 5.14 Å². The number of rotatable bonds is 3. The first-order chi connectivity index (χ1) is 13.3. The van der Waals surface area contributed by atoms with Crippen molar-refractivity contribution in [1.29, 1.82) is 0 Å². The molecule has 0 saturated carbocycles. The van der Waals surface area contributed by atoms with Crippen LogP contribution in [0.15, 0.2) is 40.9 Å². The van der Waals surface area contributed by atoms with E-state index in [1.54, 1.807) is 35.6 Å². The molecule has 146 valence electrons. The van der Waals surface area contributed by atoms with Crippen molar-refractivity contribution in [3.05, 3.63) is 47.1 Å². The molecule has 1 aliphatic rings. The monoisotopic (exact) mass is 417 g/mol. The van der Waals surface area contributed by atoms with Gasteiger partial charge < -0.3 is 9.80 Å². The van der Waals surface area contributed by atoms with Gasteiger partial charge in [-0.3, -0.25) is 4.79 Å². The summed E-state index contributed by atoms with van der Waals surface area (Å²) in [5.74, 6) is 0.700. The minimum absolute atomic E-state index is 0.0545. The van der Waals surface area contributed by atoms with Crippen molar-refractivity contribution in [2.45, 2.75) is 11.8 Å². The molecule has 0 bridgehead atoms. The average Bonchev–Trinajstić information content (AvgIpc) is 3.16. The molecule has 2 aromatic heterocycles. The lowest BCUT2D eigenvalue weighted by Crippen LogP contribution is -2.49. The molecule has 4 rings (SSSR count). The number of primary sulfonamides is 1. The van der Waals surface area contributed by atoms with Gasteiger partial charge in [-0.25, -0.2) is 23.5 Å². The minimum Gasteiger partial charge on any atom is -0.352 e. The van der Waals surface area contributed by atoms with Crippen LogP contribution in [0.2, 0.25) is 0 Å². The normalized spacial score (nSPS) is 15.2. The molecule has 10 heteroatoms. The number of benzene rings is 1. The van der Waals surface area contributed by atoms with Crippen LogP contribution in [0.1, 0.15) is 15.9 Å². The molecule has 0 atom stereocenters. The maximum Gasteiger partial charge on any atom is 0.254 e. The number of nitrogens with zero attached hydrogens (tertiary/aromatic N) is 4. The molecular formula is C18H19N5O3S2. The smallest absolute Gasteiger partial charge is 0.254 e. The van der Waals surface area contributed by atoms with Gasteiger partial charge in [0.05, 0.1) is 15.1 Å². The summed E-state index contributed by atoms with van der Waals surface area (Å²) in [6, 6.07) is 6.35. The van der Waals surface area contributed by atoms with Crippen LogP contribution in [0.3, 0.4) is 0 Å². The number of anilines is 1. The van der Waals surface area contributed by atoms with Crippen LogP contribution >= 0.6 is 11.3 Å². The molecule has 0 radical (unpaired) electrons. The third kappa shape index (κ3) is 3.46. The highest BCUT2D eigenvalue weighted by atomic mass is 32.2. The number of aryl methyl sites for hydroxylation is 1. The quantitative estimate of drug-likeness (QED) is 0.693. The Morgan fingerprint density at radius 1 is 1.14 bits per heavy atom. The predicted octanol–water partition coefficient (Wildman–Crippen LogP) is 1.61. The zero-order chi connectivity index (χ0) is 19.9. The molecule has 0 unspecified atom stereocenters. The first kappa shape index (κ1) is 18.8. The van der Waals surface area contributed by atoms with Gasteiger partial charge in [-0.05, 0) is 36.1 Å². The van der Waals surface area contributed by atoms with Crippen molar-refractivity contribution in [3.63, 3.8) is 0 Å². The summed E-state index contributed by atoms with van der Waals surface area (Å²) in [6.45, 7) is 4.11. The molecule has 0 spiro atoms. The Morgan fingerprint density at radius 3 is 2.61 bits per heavy atom. The predicted molar refractivity (Wildman–Crippen MR) is 108 cm³/mol. The van der Waals surface area contributed by atoms with Crippen molar-refractivity contribution in [3.8, 4) is 0 Å². The van der Waals surface area contributed by atoms with Crippen LogP contribution < -0.4 is 10.0 Å². The zero-order valence-electron chi connectivity index (χ0n) is 15.2. The van der Waals surface area contributed by atoms with E-state index in [0.29, 0.717) is 31.7 Å². The maximum atomic E-state index is 13.0. The number of hydrogen-bond donors (Lipinski definition) is 1. The number of carbonyl (C=O) groups excluding carboxylic acids is 1. The van der Waals surface area contributed by atoms with Gasteiger partial charge in [0.25, 0.3) is 5.91 Å². The standard InChI is InChI=1S/C18H19N5O3S2/c1-12-2-3-13(28(19,25)26)10-14(12)18(24)23-7-5-22(6-8-23)17-16-15(4-9-27-16)20-11-21-17/h2-4,9-11H,5-8H2,1H3,(H2,19,25,26). The second-order valence-electron chi connectivity index (χ2n) is 6.63. The summed E-state index contributed by atoms with van der Waals surface area (Å²) in [6.07, 6.45) is 1.56. The fourth-order valence-corrected chi connectivity index (χ4v) is 4.70. The number of sulfonamides is 1. The molecule has 1 aromatic carbocycles. The summed E-state index contributed by atoms with van der Waals surface area (Å²) in [7, 11) is -3.86. The molecule has 1 saturated heterocycles. The molecule has 3 heterocycles. The molecule has 1 amide bonds. The Morgan fingerprint density at radius 2 is 1.89 bits per heavy atom. The van der Waals surface area contributed by atoms with Crippen molar-refractivity contribution in [1.82, 2.24) is 14.9 Å². The van der Waals surface area contributed by atoms with Gasteiger partial charge in [0.15, 0.2) is 0 Å². The number of piperazine rings is 1. The Hall–Kier alpha value is -2.56. The lowest BCUT2D eigenvalue weighted by atomic mass is 10.1. The third-order valence-corrected chi connectivity index (χ3v) is 6.67. The first-order valence-electron chi connectivity index (χ1n) is 8.70. The molecular weight excluding hydrogens is 398 g/mol. The van der Waals surface area contributed by atoms with E-state index in [2.05, 4.69) is 14.9 Å². The number of nitrogens with two attached hydrogens (primary N) is 1. The topological polar surface area (TPSA) is 109 Å².